The number of amides is 1. The molecule has 6 heteroatoms. The van der Waals surface area contributed by atoms with E-state index in [2.05, 4.69) is 4.99 Å². The number of rotatable bonds is 2. The minimum absolute atomic E-state index is 0.00368. The van der Waals surface area contributed by atoms with Crippen LogP contribution < -0.4 is 0 Å². The summed E-state index contributed by atoms with van der Waals surface area (Å²) in [6.07, 6.45) is 2.29. The molecule has 21 heavy (non-hydrogen) atoms. The quantitative estimate of drug-likeness (QED) is 0.736. The van der Waals surface area contributed by atoms with Gasteiger partial charge in [0.25, 0.3) is 5.91 Å². The topological polar surface area (TPSA) is 29.4 Å². The Labute approximate surface area is 127 Å². The van der Waals surface area contributed by atoms with E-state index in [0.717, 1.165) is 30.7 Å². The van der Waals surface area contributed by atoms with Gasteiger partial charge in [0.1, 0.15) is 4.75 Å². The van der Waals surface area contributed by atoms with Crippen molar-refractivity contribution in [1.29, 1.82) is 0 Å². The van der Waals surface area contributed by atoms with Crippen LogP contribution in [0.5, 0.6) is 0 Å². The minimum Gasteiger partial charge on any atom is -0.271 e. The minimum atomic E-state index is -4.05. The van der Waals surface area contributed by atoms with E-state index in [4.69, 9.17) is 0 Å². The van der Waals surface area contributed by atoms with Gasteiger partial charge in [0.15, 0.2) is 0 Å². The maximum Gasteiger partial charge on any atom is 0.391 e. The van der Waals surface area contributed by atoms with Crippen LogP contribution in [0.1, 0.15) is 57.8 Å². The zero-order valence-corrected chi connectivity index (χ0v) is 12.7. The lowest BCUT2D eigenvalue weighted by Crippen LogP contribution is -2.28. The molecule has 3 aliphatic rings. The van der Waals surface area contributed by atoms with Crippen molar-refractivity contribution >= 4 is 22.7 Å². The maximum atomic E-state index is 12.7. The van der Waals surface area contributed by atoms with Gasteiger partial charge in [-0.1, -0.05) is 24.6 Å². The van der Waals surface area contributed by atoms with E-state index in [1.54, 1.807) is 11.8 Å². The molecule has 0 saturated heterocycles. The molecule has 1 spiro atoms. The third-order valence-corrected chi connectivity index (χ3v) is 6.58. The van der Waals surface area contributed by atoms with E-state index in [1.165, 1.54) is 0 Å². The van der Waals surface area contributed by atoms with Gasteiger partial charge >= 0.3 is 6.18 Å². The molecule has 0 bridgehead atoms. The highest BCUT2D eigenvalue weighted by molar-refractivity contribution is 8.16. The molecule has 0 N–H and O–H groups in total. The molecule has 0 aromatic carbocycles. The summed E-state index contributed by atoms with van der Waals surface area (Å²) in [6, 6.07) is 0. The molecule has 0 radical (unpaired) electrons. The standard InChI is InChI=1S/C15H20F3NOS/c16-15(17,18)11-5-3-10(4-6-11)9-12-19-13(20)14(21-12)7-1-2-8-14/h10-11H,1-9H2. The second kappa shape index (κ2) is 5.60. The van der Waals surface area contributed by atoms with Crippen LogP contribution in [0.15, 0.2) is 4.99 Å². The van der Waals surface area contributed by atoms with Gasteiger partial charge in [-0.05, 0) is 50.9 Å². The molecule has 2 nitrogen and oxygen atoms in total. The van der Waals surface area contributed by atoms with Gasteiger partial charge < -0.3 is 0 Å². The Morgan fingerprint density at radius 3 is 2.33 bits per heavy atom. The van der Waals surface area contributed by atoms with Gasteiger partial charge in [-0.25, -0.2) is 4.99 Å². The first kappa shape index (κ1) is 15.4. The van der Waals surface area contributed by atoms with E-state index in [9.17, 15) is 18.0 Å². The van der Waals surface area contributed by atoms with Crippen molar-refractivity contribution in [3.8, 4) is 0 Å². The summed E-state index contributed by atoms with van der Waals surface area (Å²) in [6.45, 7) is 0. The van der Waals surface area contributed by atoms with Crippen molar-refractivity contribution in [3.05, 3.63) is 0 Å². The number of thioether (sulfide) groups is 1. The molecular weight excluding hydrogens is 299 g/mol. The summed E-state index contributed by atoms with van der Waals surface area (Å²) >= 11 is 1.61. The number of hydrogen-bond donors (Lipinski definition) is 0. The molecule has 3 rings (SSSR count). The molecule has 0 aromatic rings. The molecule has 2 aliphatic carbocycles. The first-order valence-corrected chi connectivity index (χ1v) is 8.58. The second-order valence-electron chi connectivity index (χ2n) is 6.58. The molecule has 118 valence electrons. The lowest BCUT2D eigenvalue weighted by Gasteiger charge is -2.29. The van der Waals surface area contributed by atoms with Crippen LogP contribution in [-0.4, -0.2) is 21.9 Å². The molecular formula is C15H20F3NOS. The highest BCUT2D eigenvalue weighted by Gasteiger charge is 2.47. The van der Waals surface area contributed by atoms with E-state index in [-0.39, 0.29) is 29.4 Å². The van der Waals surface area contributed by atoms with Gasteiger partial charge in [0.2, 0.25) is 0 Å². The Morgan fingerprint density at radius 2 is 1.76 bits per heavy atom. The average molecular weight is 319 g/mol. The van der Waals surface area contributed by atoms with Crippen LogP contribution >= 0.6 is 11.8 Å². The van der Waals surface area contributed by atoms with E-state index in [0.29, 0.717) is 19.3 Å². The molecule has 0 unspecified atom stereocenters. The molecule has 1 heterocycles. The number of hydrogen-bond acceptors (Lipinski definition) is 2. The summed E-state index contributed by atoms with van der Waals surface area (Å²) < 4.78 is 37.6. The molecule has 2 saturated carbocycles. The maximum absolute atomic E-state index is 12.7. The molecule has 1 amide bonds. The number of carbonyl (C=O) groups excluding carboxylic acids is 1. The number of aliphatic imine (C=N–C) groups is 1. The summed E-state index contributed by atoms with van der Waals surface area (Å²) in [5, 5.41) is 0.873. The predicted octanol–water partition coefficient (Wildman–Crippen LogP) is 4.73. The predicted molar refractivity (Wildman–Crippen MR) is 77.4 cm³/mol. The first-order chi connectivity index (χ1) is 9.89. The Morgan fingerprint density at radius 1 is 1.14 bits per heavy atom. The fraction of sp³-hybridized carbons (Fsp3) is 0.867. The van der Waals surface area contributed by atoms with Crippen molar-refractivity contribution < 1.29 is 18.0 Å². The smallest absolute Gasteiger partial charge is 0.271 e. The van der Waals surface area contributed by atoms with Gasteiger partial charge in [-0.3, -0.25) is 4.79 Å². The van der Waals surface area contributed by atoms with Crippen molar-refractivity contribution in [2.45, 2.75) is 68.7 Å². The summed E-state index contributed by atoms with van der Waals surface area (Å²) in [5.74, 6) is -0.863. The van der Waals surface area contributed by atoms with Crippen LogP contribution in [0.4, 0.5) is 13.2 Å². The van der Waals surface area contributed by atoms with Gasteiger partial charge in [-0.15, -0.1) is 0 Å². The molecule has 0 aromatic heterocycles. The van der Waals surface area contributed by atoms with E-state index in [1.807, 2.05) is 0 Å². The van der Waals surface area contributed by atoms with Crippen molar-refractivity contribution in [2.24, 2.45) is 16.8 Å². The van der Waals surface area contributed by atoms with E-state index < -0.39 is 12.1 Å². The number of alkyl halides is 3. The van der Waals surface area contributed by atoms with Crippen LogP contribution in [0, 0.1) is 11.8 Å². The summed E-state index contributed by atoms with van der Waals surface area (Å²) in [7, 11) is 0. The third kappa shape index (κ3) is 3.15. The zero-order valence-electron chi connectivity index (χ0n) is 11.9. The fourth-order valence-electron chi connectivity index (χ4n) is 3.80. The van der Waals surface area contributed by atoms with Gasteiger partial charge in [-0.2, -0.15) is 13.2 Å². The second-order valence-corrected chi connectivity index (χ2v) is 8.03. The summed E-state index contributed by atoms with van der Waals surface area (Å²) in [5.41, 5.74) is 0. The van der Waals surface area contributed by atoms with Crippen LogP contribution in [0.2, 0.25) is 0 Å². The van der Waals surface area contributed by atoms with E-state index >= 15 is 0 Å². The number of halogens is 3. The Kier molecular flexibility index (Phi) is 4.10. The Hall–Kier alpha value is -0.520. The van der Waals surface area contributed by atoms with Crippen LogP contribution in [0.25, 0.3) is 0 Å². The number of nitrogens with zero attached hydrogens (tertiary/aromatic N) is 1. The SMILES string of the molecule is O=C1N=C(CC2CCC(C(F)(F)F)CC2)SC12CCCC2. The monoisotopic (exact) mass is 319 g/mol. The zero-order chi connectivity index (χ0) is 15.1. The molecule has 0 atom stereocenters. The summed E-state index contributed by atoms with van der Waals surface area (Å²) in [4.78, 5) is 16.3. The van der Waals surface area contributed by atoms with Crippen LogP contribution in [0.3, 0.4) is 0 Å². The van der Waals surface area contributed by atoms with Gasteiger partial charge in [0.05, 0.1) is 11.0 Å². The number of carbonyl (C=O) groups is 1. The lowest BCUT2D eigenvalue weighted by atomic mass is 9.80. The van der Waals surface area contributed by atoms with Crippen LogP contribution in [-0.2, 0) is 4.79 Å². The molecule has 1 aliphatic heterocycles. The van der Waals surface area contributed by atoms with Gasteiger partial charge in [0, 0.05) is 0 Å². The highest BCUT2D eigenvalue weighted by Crippen LogP contribution is 2.49. The first-order valence-electron chi connectivity index (χ1n) is 7.77. The van der Waals surface area contributed by atoms with Crippen molar-refractivity contribution in [2.75, 3.05) is 0 Å². The van der Waals surface area contributed by atoms with Crippen molar-refractivity contribution in [1.82, 2.24) is 0 Å². The highest BCUT2D eigenvalue weighted by atomic mass is 32.2. The fourth-order valence-corrected chi connectivity index (χ4v) is 5.32. The lowest BCUT2D eigenvalue weighted by molar-refractivity contribution is -0.183. The average Bonchev–Trinajstić information content (AvgIpc) is 2.98. The normalized spacial score (nSPS) is 32.7. The molecule has 2 fully saturated rings. The third-order valence-electron chi connectivity index (χ3n) is 5.11. The van der Waals surface area contributed by atoms with Crippen molar-refractivity contribution in [3.63, 3.8) is 0 Å². The Bertz CT molecular complexity index is 446. The largest absolute Gasteiger partial charge is 0.391 e. The Balaban J connectivity index is 1.53.